The first-order valence-electron chi connectivity index (χ1n) is 8.01. The number of aryl methyl sites for hydroxylation is 2. The Morgan fingerprint density at radius 3 is 2.33 bits per heavy atom. The minimum atomic E-state index is -1.08. The zero-order valence-corrected chi connectivity index (χ0v) is 14.8. The standard InChI is InChI=1S/C16H26N4O4/c1-6-20-11(5)14(10(4)19-20)15(22)17-8-13(21)18-12(16(23)24)7-9(2)3/h9,12H,6-8H2,1-5H3,(H,17,22)(H,18,21)(H,23,24)/t12-/m0/s1. The molecule has 8 heteroatoms. The van der Waals surface area contributed by atoms with Gasteiger partial charge in [0.25, 0.3) is 5.91 Å². The van der Waals surface area contributed by atoms with E-state index < -0.39 is 23.8 Å². The summed E-state index contributed by atoms with van der Waals surface area (Å²) in [6.45, 7) is 9.57. The molecule has 2 amide bonds. The van der Waals surface area contributed by atoms with Gasteiger partial charge in [-0.2, -0.15) is 5.10 Å². The number of carboxylic acid groups (broad SMARTS) is 1. The average Bonchev–Trinajstić information content (AvgIpc) is 2.77. The summed E-state index contributed by atoms with van der Waals surface area (Å²) >= 11 is 0. The van der Waals surface area contributed by atoms with Crippen LogP contribution in [0.5, 0.6) is 0 Å². The van der Waals surface area contributed by atoms with Crippen LogP contribution in [0.3, 0.4) is 0 Å². The quantitative estimate of drug-likeness (QED) is 0.651. The number of aliphatic carboxylic acids is 1. The van der Waals surface area contributed by atoms with Crippen molar-refractivity contribution in [1.29, 1.82) is 0 Å². The van der Waals surface area contributed by atoms with Crippen LogP contribution in [0.4, 0.5) is 0 Å². The monoisotopic (exact) mass is 338 g/mol. The molecule has 0 saturated heterocycles. The molecule has 0 fully saturated rings. The van der Waals surface area contributed by atoms with E-state index in [0.29, 0.717) is 24.2 Å². The van der Waals surface area contributed by atoms with Gasteiger partial charge in [0.15, 0.2) is 0 Å². The first-order valence-corrected chi connectivity index (χ1v) is 8.01. The lowest BCUT2D eigenvalue weighted by molar-refractivity contribution is -0.142. The first-order chi connectivity index (χ1) is 11.2. The highest BCUT2D eigenvalue weighted by molar-refractivity contribution is 5.98. The summed E-state index contributed by atoms with van der Waals surface area (Å²) < 4.78 is 1.72. The Labute approximate surface area is 141 Å². The summed E-state index contributed by atoms with van der Waals surface area (Å²) in [4.78, 5) is 35.3. The van der Waals surface area contributed by atoms with E-state index in [1.54, 1.807) is 18.5 Å². The Bertz CT molecular complexity index is 622. The van der Waals surface area contributed by atoms with E-state index in [0.717, 1.165) is 5.69 Å². The van der Waals surface area contributed by atoms with Crippen LogP contribution in [-0.4, -0.2) is 45.3 Å². The lowest BCUT2D eigenvalue weighted by atomic mass is 10.0. The number of aromatic nitrogens is 2. The topological polar surface area (TPSA) is 113 Å². The number of nitrogens with one attached hydrogen (secondary N) is 2. The van der Waals surface area contributed by atoms with Crippen molar-refractivity contribution in [3.63, 3.8) is 0 Å². The fourth-order valence-electron chi connectivity index (χ4n) is 2.52. The summed E-state index contributed by atoms with van der Waals surface area (Å²) in [6.07, 6.45) is 0.330. The van der Waals surface area contributed by atoms with Crippen molar-refractivity contribution in [1.82, 2.24) is 20.4 Å². The van der Waals surface area contributed by atoms with E-state index in [4.69, 9.17) is 5.11 Å². The van der Waals surface area contributed by atoms with Crippen LogP contribution in [0.15, 0.2) is 0 Å². The van der Waals surface area contributed by atoms with Crippen molar-refractivity contribution in [3.8, 4) is 0 Å². The largest absolute Gasteiger partial charge is 0.480 e. The molecule has 1 aromatic rings. The first kappa shape index (κ1) is 19.7. The molecule has 1 heterocycles. The number of hydrogen-bond donors (Lipinski definition) is 3. The van der Waals surface area contributed by atoms with E-state index in [1.807, 2.05) is 20.8 Å². The maximum atomic E-state index is 12.3. The average molecular weight is 338 g/mol. The van der Waals surface area contributed by atoms with Gasteiger partial charge in [0, 0.05) is 12.2 Å². The normalized spacial score (nSPS) is 12.1. The minimum Gasteiger partial charge on any atom is -0.480 e. The lowest BCUT2D eigenvalue weighted by Crippen LogP contribution is -2.46. The molecule has 0 saturated carbocycles. The second-order valence-corrected chi connectivity index (χ2v) is 6.13. The van der Waals surface area contributed by atoms with Crippen LogP contribution in [0.25, 0.3) is 0 Å². The van der Waals surface area contributed by atoms with Gasteiger partial charge in [-0.3, -0.25) is 14.3 Å². The van der Waals surface area contributed by atoms with E-state index in [-0.39, 0.29) is 12.5 Å². The van der Waals surface area contributed by atoms with E-state index in [2.05, 4.69) is 15.7 Å². The van der Waals surface area contributed by atoms with Gasteiger partial charge in [-0.25, -0.2) is 4.79 Å². The summed E-state index contributed by atoms with van der Waals surface area (Å²) in [5.74, 6) is -1.88. The van der Waals surface area contributed by atoms with Crippen molar-refractivity contribution in [3.05, 3.63) is 17.0 Å². The van der Waals surface area contributed by atoms with Crippen LogP contribution in [-0.2, 0) is 16.1 Å². The Morgan fingerprint density at radius 1 is 1.25 bits per heavy atom. The predicted molar refractivity (Wildman–Crippen MR) is 88.7 cm³/mol. The summed E-state index contributed by atoms with van der Waals surface area (Å²) in [6, 6.07) is -0.958. The molecule has 0 spiro atoms. The summed E-state index contributed by atoms with van der Waals surface area (Å²) in [7, 11) is 0. The van der Waals surface area contributed by atoms with Crippen molar-refractivity contribution in [2.45, 2.75) is 53.6 Å². The molecule has 8 nitrogen and oxygen atoms in total. The van der Waals surface area contributed by atoms with E-state index in [9.17, 15) is 14.4 Å². The number of carbonyl (C=O) groups excluding carboxylic acids is 2. The van der Waals surface area contributed by atoms with Crippen LogP contribution in [0, 0.1) is 19.8 Å². The fraction of sp³-hybridized carbons (Fsp3) is 0.625. The third-order valence-corrected chi connectivity index (χ3v) is 3.66. The second-order valence-electron chi connectivity index (χ2n) is 6.13. The van der Waals surface area contributed by atoms with E-state index in [1.165, 1.54) is 0 Å². The van der Waals surface area contributed by atoms with Gasteiger partial charge in [0.2, 0.25) is 5.91 Å². The number of nitrogens with zero attached hydrogens (tertiary/aromatic N) is 2. The van der Waals surface area contributed by atoms with Gasteiger partial charge < -0.3 is 15.7 Å². The van der Waals surface area contributed by atoms with Gasteiger partial charge >= 0.3 is 5.97 Å². The molecular formula is C16H26N4O4. The zero-order chi connectivity index (χ0) is 18.4. The zero-order valence-electron chi connectivity index (χ0n) is 14.8. The lowest BCUT2D eigenvalue weighted by Gasteiger charge is -2.16. The Hall–Kier alpha value is -2.38. The molecule has 0 aliphatic rings. The molecule has 0 aliphatic carbocycles. The molecule has 0 unspecified atom stereocenters. The van der Waals surface area contributed by atoms with Gasteiger partial charge in [-0.05, 0) is 33.1 Å². The Morgan fingerprint density at radius 2 is 1.88 bits per heavy atom. The molecule has 3 N–H and O–H groups in total. The van der Waals surface area contributed by atoms with Crippen LogP contribution in [0.1, 0.15) is 48.9 Å². The second kappa shape index (κ2) is 8.47. The molecule has 1 rings (SSSR count). The SMILES string of the molecule is CCn1nc(C)c(C(=O)NCC(=O)N[C@@H](CC(C)C)C(=O)O)c1C. The molecule has 0 bridgehead atoms. The molecule has 0 aromatic carbocycles. The Kier molecular flexibility index (Phi) is 6.94. The molecule has 0 aliphatic heterocycles. The van der Waals surface area contributed by atoms with Crippen molar-refractivity contribution < 1.29 is 19.5 Å². The predicted octanol–water partition coefficient (Wildman–Crippen LogP) is 0.865. The molecule has 0 radical (unpaired) electrons. The summed E-state index contributed by atoms with van der Waals surface area (Å²) in [5.41, 5.74) is 1.77. The minimum absolute atomic E-state index is 0.131. The molecule has 134 valence electrons. The highest BCUT2D eigenvalue weighted by Gasteiger charge is 2.22. The number of rotatable bonds is 8. The van der Waals surface area contributed by atoms with Crippen molar-refractivity contribution >= 4 is 17.8 Å². The third-order valence-electron chi connectivity index (χ3n) is 3.66. The van der Waals surface area contributed by atoms with Crippen molar-refractivity contribution in [2.24, 2.45) is 5.92 Å². The number of carbonyl (C=O) groups is 3. The van der Waals surface area contributed by atoms with E-state index >= 15 is 0 Å². The number of hydrogen-bond acceptors (Lipinski definition) is 4. The smallest absolute Gasteiger partial charge is 0.326 e. The third kappa shape index (κ3) is 5.07. The fourth-order valence-corrected chi connectivity index (χ4v) is 2.52. The highest BCUT2D eigenvalue weighted by Crippen LogP contribution is 2.12. The maximum Gasteiger partial charge on any atom is 0.326 e. The number of amides is 2. The molecule has 24 heavy (non-hydrogen) atoms. The van der Waals surface area contributed by atoms with Gasteiger partial charge in [0.1, 0.15) is 6.04 Å². The molecule has 1 aromatic heterocycles. The van der Waals surface area contributed by atoms with Gasteiger partial charge in [-0.1, -0.05) is 13.8 Å². The number of carboxylic acids is 1. The van der Waals surface area contributed by atoms with Crippen LogP contribution in [0.2, 0.25) is 0 Å². The van der Waals surface area contributed by atoms with Gasteiger partial charge in [0.05, 0.1) is 17.8 Å². The molecule has 1 atom stereocenters. The summed E-state index contributed by atoms with van der Waals surface area (Å²) in [5, 5.41) is 18.3. The molecular weight excluding hydrogens is 312 g/mol. The maximum absolute atomic E-state index is 12.3. The van der Waals surface area contributed by atoms with Crippen LogP contribution >= 0.6 is 0 Å². The van der Waals surface area contributed by atoms with Crippen molar-refractivity contribution in [2.75, 3.05) is 6.54 Å². The Balaban J connectivity index is 2.65. The highest BCUT2D eigenvalue weighted by atomic mass is 16.4. The van der Waals surface area contributed by atoms with Crippen LogP contribution < -0.4 is 10.6 Å². The van der Waals surface area contributed by atoms with Gasteiger partial charge in [-0.15, -0.1) is 0 Å².